The van der Waals surface area contributed by atoms with Crippen LogP contribution in [0, 0.1) is 0 Å². The van der Waals surface area contributed by atoms with Crippen LogP contribution >= 0.6 is 0 Å². The number of aliphatic hydroxyl groups excluding tert-OH is 1. The number of urea groups is 1. The molecule has 0 spiro atoms. The lowest BCUT2D eigenvalue weighted by Gasteiger charge is -2.34. The fourth-order valence-corrected chi connectivity index (χ4v) is 2.91. The Bertz CT molecular complexity index is 304. The normalized spacial score (nSPS) is 20.0. The molecule has 0 aromatic rings. The van der Waals surface area contributed by atoms with Gasteiger partial charge in [-0.1, -0.05) is 26.7 Å². The number of unbranched alkanes of at least 4 members (excludes halogenated alkanes) is 1. The predicted octanol–water partition coefficient (Wildman–Crippen LogP) is 2.10. The number of amides is 2. The first-order valence-corrected chi connectivity index (χ1v) is 8.45. The summed E-state index contributed by atoms with van der Waals surface area (Å²) in [5, 5.41) is 15.4. The zero-order valence-corrected chi connectivity index (χ0v) is 14.0. The van der Waals surface area contributed by atoms with E-state index in [0.29, 0.717) is 0 Å². The second-order valence-electron chi connectivity index (χ2n) is 6.54. The third-order valence-corrected chi connectivity index (χ3v) is 4.32. The monoisotopic (exact) mass is 299 g/mol. The quantitative estimate of drug-likeness (QED) is 0.643. The molecule has 21 heavy (non-hydrogen) atoms. The average molecular weight is 299 g/mol. The van der Waals surface area contributed by atoms with Gasteiger partial charge in [0.25, 0.3) is 0 Å². The molecule has 0 aromatic heterocycles. The molecule has 1 atom stereocenters. The number of rotatable bonds is 8. The molecular weight excluding hydrogens is 266 g/mol. The summed E-state index contributed by atoms with van der Waals surface area (Å²) in [5.41, 5.74) is -0.513. The smallest absolute Gasteiger partial charge is 0.315 e. The van der Waals surface area contributed by atoms with Crippen molar-refractivity contribution >= 4 is 6.03 Å². The highest BCUT2D eigenvalue weighted by molar-refractivity contribution is 5.75. The lowest BCUT2D eigenvalue weighted by Crippen LogP contribution is -2.55. The van der Waals surface area contributed by atoms with Gasteiger partial charge in [0.15, 0.2) is 0 Å². The summed E-state index contributed by atoms with van der Waals surface area (Å²) in [7, 11) is 0. The summed E-state index contributed by atoms with van der Waals surface area (Å²) in [5.74, 6) is 0. The molecule has 0 bridgehead atoms. The van der Waals surface area contributed by atoms with Gasteiger partial charge in [-0.3, -0.25) is 0 Å². The third kappa shape index (κ3) is 6.66. The first-order chi connectivity index (χ1) is 10.0. The largest absolute Gasteiger partial charge is 0.394 e. The number of nitrogens with one attached hydrogen (secondary N) is 2. The number of piperidine rings is 1. The van der Waals surface area contributed by atoms with Crippen molar-refractivity contribution in [1.82, 2.24) is 15.5 Å². The molecule has 1 aliphatic heterocycles. The van der Waals surface area contributed by atoms with Gasteiger partial charge in [0.05, 0.1) is 12.1 Å². The molecule has 1 aliphatic rings. The van der Waals surface area contributed by atoms with Crippen molar-refractivity contribution < 1.29 is 9.90 Å². The van der Waals surface area contributed by atoms with Crippen molar-refractivity contribution in [1.29, 1.82) is 0 Å². The molecule has 5 nitrogen and oxygen atoms in total. The number of carbonyl (C=O) groups excluding carboxylic acids is 1. The maximum atomic E-state index is 12.1. The summed E-state index contributed by atoms with van der Waals surface area (Å²) in [4.78, 5) is 14.5. The Morgan fingerprint density at radius 2 is 1.95 bits per heavy atom. The van der Waals surface area contributed by atoms with E-state index in [1.54, 1.807) is 0 Å². The third-order valence-electron chi connectivity index (χ3n) is 4.32. The number of carbonyl (C=O) groups is 1. The Kier molecular flexibility index (Phi) is 8.04. The molecule has 0 radical (unpaired) electrons. The Morgan fingerprint density at radius 3 is 2.48 bits per heavy atom. The van der Waals surface area contributed by atoms with Crippen LogP contribution in [0.3, 0.4) is 0 Å². The van der Waals surface area contributed by atoms with Crippen molar-refractivity contribution in [3.8, 4) is 0 Å². The minimum absolute atomic E-state index is 0.0241. The van der Waals surface area contributed by atoms with E-state index in [0.717, 1.165) is 38.8 Å². The van der Waals surface area contributed by atoms with E-state index in [1.807, 2.05) is 6.92 Å². The van der Waals surface area contributed by atoms with Crippen LogP contribution in [0.4, 0.5) is 4.79 Å². The zero-order valence-electron chi connectivity index (χ0n) is 14.0. The summed E-state index contributed by atoms with van der Waals surface area (Å²) < 4.78 is 0. The Morgan fingerprint density at radius 1 is 1.29 bits per heavy atom. The first kappa shape index (κ1) is 18.2. The maximum Gasteiger partial charge on any atom is 0.315 e. The molecule has 0 saturated carbocycles. The highest BCUT2D eigenvalue weighted by Crippen LogP contribution is 2.13. The van der Waals surface area contributed by atoms with Crippen molar-refractivity contribution in [3.63, 3.8) is 0 Å². The number of aliphatic hydroxyl groups is 1. The van der Waals surface area contributed by atoms with E-state index in [4.69, 9.17) is 0 Å². The van der Waals surface area contributed by atoms with E-state index in [9.17, 15) is 9.90 Å². The molecule has 3 N–H and O–H groups in total. The number of nitrogens with zero attached hydrogens (tertiary/aromatic N) is 1. The van der Waals surface area contributed by atoms with Gasteiger partial charge < -0.3 is 20.6 Å². The van der Waals surface area contributed by atoms with Crippen LogP contribution in [0.5, 0.6) is 0 Å². The van der Waals surface area contributed by atoms with E-state index in [2.05, 4.69) is 29.4 Å². The molecule has 5 heteroatoms. The highest BCUT2D eigenvalue weighted by Gasteiger charge is 2.26. The molecule has 0 aliphatic carbocycles. The van der Waals surface area contributed by atoms with Crippen molar-refractivity contribution in [2.45, 2.75) is 70.9 Å². The molecule has 0 aromatic carbocycles. The molecule has 124 valence electrons. The van der Waals surface area contributed by atoms with Crippen LogP contribution in [0.2, 0.25) is 0 Å². The standard InChI is InChI=1S/C16H33N3O2/c1-4-6-10-19-11-7-14(8-12-19)17-15(21)18-16(3,13-20)9-5-2/h14,20H,4-13H2,1-3H3,(H2,17,18,21). The van der Waals surface area contributed by atoms with Gasteiger partial charge in [-0.05, 0) is 39.2 Å². The Labute approximate surface area is 129 Å². The fourth-order valence-electron chi connectivity index (χ4n) is 2.91. The van der Waals surface area contributed by atoms with Gasteiger partial charge in [0.2, 0.25) is 0 Å². The molecule has 1 unspecified atom stereocenters. The second kappa shape index (κ2) is 9.26. The predicted molar refractivity (Wildman–Crippen MR) is 86.4 cm³/mol. The van der Waals surface area contributed by atoms with Gasteiger partial charge in [-0.2, -0.15) is 0 Å². The van der Waals surface area contributed by atoms with Crippen LogP contribution in [0.25, 0.3) is 0 Å². The van der Waals surface area contributed by atoms with Gasteiger partial charge in [-0.15, -0.1) is 0 Å². The van der Waals surface area contributed by atoms with Crippen molar-refractivity contribution in [3.05, 3.63) is 0 Å². The molecule has 1 fully saturated rings. The van der Waals surface area contributed by atoms with Gasteiger partial charge in [0.1, 0.15) is 0 Å². The molecule has 1 rings (SSSR count). The lowest BCUT2D eigenvalue weighted by molar-refractivity contribution is 0.156. The summed E-state index contributed by atoms with van der Waals surface area (Å²) >= 11 is 0. The second-order valence-corrected chi connectivity index (χ2v) is 6.54. The van der Waals surface area contributed by atoms with Crippen LogP contribution in [-0.2, 0) is 0 Å². The topological polar surface area (TPSA) is 64.6 Å². The summed E-state index contributed by atoms with van der Waals surface area (Å²) in [6.07, 6.45) is 6.24. The van der Waals surface area contributed by atoms with E-state index in [1.165, 1.54) is 19.4 Å². The van der Waals surface area contributed by atoms with Gasteiger partial charge in [-0.25, -0.2) is 4.79 Å². The number of hydrogen-bond donors (Lipinski definition) is 3. The fraction of sp³-hybridized carbons (Fsp3) is 0.938. The number of hydrogen-bond acceptors (Lipinski definition) is 3. The average Bonchev–Trinajstić information content (AvgIpc) is 2.46. The molecule has 1 saturated heterocycles. The van der Waals surface area contributed by atoms with Crippen LogP contribution in [0.1, 0.15) is 59.3 Å². The highest BCUT2D eigenvalue weighted by atomic mass is 16.3. The van der Waals surface area contributed by atoms with E-state index in [-0.39, 0.29) is 18.7 Å². The lowest BCUT2D eigenvalue weighted by atomic mass is 9.97. The van der Waals surface area contributed by atoms with Crippen molar-refractivity contribution in [2.24, 2.45) is 0 Å². The molecule has 1 heterocycles. The molecule has 2 amide bonds. The Hall–Kier alpha value is -0.810. The maximum absolute atomic E-state index is 12.1. The van der Waals surface area contributed by atoms with Crippen LogP contribution < -0.4 is 10.6 Å². The Balaban J connectivity index is 2.30. The summed E-state index contributed by atoms with van der Waals surface area (Å²) in [6, 6.07) is 0.111. The minimum atomic E-state index is -0.513. The van der Waals surface area contributed by atoms with E-state index >= 15 is 0 Å². The summed E-state index contributed by atoms with van der Waals surface area (Å²) in [6.45, 7) is 9.45. The van der Waals surface area contributed by atoms with Gasteiger partial charge in [0, 0.05) is 19.1 Å². The van der Waals surface area contributed by atoms with Gasteiger partial charge >= 0.3 is 6.03 Å². The molecular formula is C16H33N3O2. The number of likely N-dealkylation sites (tertiary alicyclic amines) is 1. The van der Waals surface area contributed by atoms with Crippen LogP contribution in [0.15, 0.2) is 0 Å². The zero-order chi connectivity index (χ0) is 15.7. The minimum Gasteiger partial charge on any atom is -0.394 e. The van der Waals surface area contributed by atoms with E-state index < -0.39 is 5.54 Å². The van der Waals surface area contributed by atoms with Crippen LogP contribution in [-0.4, -0.2) is 53.9 Å². The van der Waals surface area contributed by atoms with Crippen molar-refractivity contribution in [2.75, 3.05) is 26.2 Å². The first-order valence-electron chi connectivity index (χ1n) is 8.45. The SMILES string of the molecule is CCCCN1CCC(NC(=O)NC(C)(CO)CCC)CC1.